The Morgan fingerprint density at radius 3 is 3.06 bits per heavy atom. The van der Waals surface area contributed by atoms with Gasteiger partial charge in [0, 0.05) is 5.75 Å². The zero-order chi connectivity index (χ0) is 12.6. The number of carboxylic acids is 1. The highest BCUT2D eigenvalue weighted by Gasteiger charge is 2.33. The topological polar surface area (TPSA) is 107 Å². The van der Waals surface area contributed by atoms with Gasteiger partial charge >= 0.3 is 11.7 Å². The summed E-state index contributed by atoms with van der Waals surface area (Å²) >= 11 is 1.01. The molecule has 1 aromatic rings. The third kappa shape index (κ3) is 2.24. The minimum absolute atomic E-state index is 0.224. The second-order valence-electron chi connectivity index (χ2n) is 3.26. The minimum Gasteiger partial charge on any atom is -0.479 e. The van der Waals surface area contributed by atoms with Crippen LogP contribution < -0.4 is 11.4 Å². The molecule has 0 aromatic carbocycles. The molecule has 2 atom stereocenters. The predicted molar refractivity (Wildman–Crippen MR) is 56.9 cm³/mol. The number of ether oxygens (including phenoxy) is 1. The van der Waals surface area contributed by atoms with E-state index < -0.39 is 35.0 Å². The molecule has 1 aliphatic rings. The van der Waals surface area contributed by atoms with E-state index in [1.54, 1.807) is 0 Å². The average molecular weight is 261 g/mol. The van der Waals surface area contributed by atoms with Gasteiger partial charge in [0.2, 0.25) is 5.44 Å². The van der Waals surface area contributed by atoms with Gasteiger partial charge in [-0.05, 0) is 0 Å². The number of halogens is 1. The molecule has 2 rings (SSSR count). The Kier molecular flexibility index (Phi) is 3.03. The maximum atomic E-state index is 13.1. The molecule has 1 saturated heterocycles. The van der Waals surface area contributed by atoms with E-state index in [1.165, 1.54) is 0 Å². The van der Waals surface area contributed by atoms with E-state index in [0.717, 1.165) is 22.5 Å². The molecule has 0 bridgehead atoms. The highest BCUT2D eigenvalue weighted by atomic mass is 32.2. The van der Waals surface area contributed by atoms with Gasteiger partial charge in [0.15, 0.2) is 11.6 Å². The van der Waals surface area contributed by atoms with E-state index in [0.29, 0.717) is 0 Å². The third-order valence-electron chi connectivity index (χ3n) is 2.12. The summed E-state index contributed by atoms with van der Waals surface area (Å²) in [5, 5.41) is 8.70. The molecule has 1 aromatic heterocycles. The van der Waals surface area contributed by atoms with Crippen molar-refractivity contribution in [2.75, 3.05) is 11.5 Å². The van der Waals surface area contributed by atoms with Crippen LogP contribution in [0.25, 0.3) is 0 Å². The van der Waals surface area contributed by atoms with Crippen molar-refractivity contribution in [2.24, 2.45) is 0 Å². The summed E-state index contributed by atoms with van der Waals surface area (Å²) < 4.78 is 19.1. The first kappa shape index (κ1) is 11.9. The van der Waals surface area contributed by atoms with Crippen molar-refractivity contribution in [3.63, 3.8) is 0 Å². The van der Waals surface area contributed by atoms with Gasteiger partial charge in [-0.15, -0.1) is 11.8 Å². The number of carbonyl (C=O) groups is 1. The number of rotatable bonds is 2. The molecular weight excluding hydrogens is 253 g/mol. The molecule has 1 fully saturated rings. The minimum atomic E-state index is -1.14. The van der Waals surface area contributed by atoms with Crippen LogP contribution in [0.3, 0.4) is 0 Å². The van der Waals surface area contributed by atoms with Crippen molar-refractivity contribution in [3.8, 4) is 0 Å². The van der Waals surface area contributed by atoms with Crippen LogP contribution >= 0.6 is 11.8 Å². The zero-order valence-corrected chi connectivity index (χ0v) is 9.19. The number of anilines is 1. The lowest BCUT2D eigenvalue weighted by atomic mass is 10.5. The molecule has 0 amide bonds. The standard InChI is InChI=1S/C8H8FN3O4S/c9-3-1-12(8(15)11-5(3)10)4-2-17-7(16-4)6(13)14/h1,4,7H,2H2,(H,13,14)(H2,10,11,15)/t4-,7+/m0/s1. The smallest absolute Gasteiger partial charge is 0.351 e. The maximum Gasteiger partial charge on any atom is 0.351 e. The molecule has 92 valence electrons. The fraction of sp³-hybridized carbons (Fsp3) is 0.375. The van der Waals surface area contributed by atoms with Gasteiger partial charge in [-0.1, -0.05) is 0 Å². The van der Waals surface area contributed by atoms with Crippen LogP contribution in [0.1, 0.15) is 6.23 Å². The van der Waals surface area contributed by atoms with Gasteiger partial charge in [-0.3, -0.25) is 4.57 Å². The van der Waals surface area contributed by atoms with Crippen molar-refractivity contribution in [2.45, 2.75) is 11.7 Å². The summed E-state index contributed by atoms with van der Waals surface area (Å²) in [6.45, 7) is 0. The van der Waals surface area contributed by atoms with Crippen LogP contribution in [0, 0.1) is 5.82 Å². The number of nitrogens with two attached hydrogens (primary N) is 1. The third-order valence-corrected chi connectivity index (χ3v) is 3.21. The van der Waals surface area contributed by atoms with E-state index in [2.05, 4.69) is 4.98 Å². The van der Waals surface area contributed by atoms with E-state index >= 15 is 0 Å². The summed E-state index contributed by atoms with van der Waals surface area (Å²) in [7, 11) is 0. The monoisotopic (exact) mass is 261 g/mol. The van der Waals surface area contributed by atoms with Crippen LogP contribution in [-0.2, 0) is 9.53 Å². The number of nitrogen functional groups attached to an aromatic ring is 1. The van der Waals surface area contributed by atoms with Crippen molar-refractivity contribution < 1.29 is 19.0 Å². The summed E-state index contributed by atoms with van der Waals surface area (Å²) in [4.78, 5) is 25.3. The van der Waals surface area contributed by atoms with Gasteiger partial charge in [-0.2, -0.15) is 4.98 Å². The van der Waals surface area contributed by atoms with Crippen LogP contribution in [0.4, 0.5) is 10.2 Å². The fourth-order valence-corrected chi connectivity index (χ4v) is 2.26. The van der Waals surface area contributed by atoms with Gasteiger partial charge in [0.05, 0.1) is 6.20 Å². The van der Waals surface area contributed by atoms with E-state index in [4.69, 9.17) is 15.6 Å². The normalized spacial score (nSPS) is 23.8. The van der Waals surface area contributed by atoms with Gasteiger partial charge in [0.25, 0.3) is 0 Å². The number of aliphatic carboxylic acids is 1. The highest BCUT2D eigenvalue weighted by Crippen LogP contribution is 2.31. The number of carboxylic acid groups (broad SMARTS) is 1. The average Bonchev–Trinajstić information content (AvgIpc) is 2.72. The lowest BCUT2D eigenvalue weighted by Crippen LogP contribution is -2.30. The predicted octanol–water partition coefficient (Wildman–Crippen LogP) is -0.363. The van der Waals surface area contributed by atoms with Gasteiger partial charge in [0.1, 0.15) is 6.23 Å². The van der Waals surface area contributed by atoms with Gasteiger partial charge in [-0.25, -0.2) is 14.0 Å². The van der Waals surface area contributed by atoms with Crippen LogP contribution in [0.15, 0.2) is 11.0 Å². The van der Waals surface area contributed by atoms with Crippen molar-refractivity contribution in [1.82, 2.24) is 9.55 Å². The molecule has 0 aliphatic carbocycles. The Hall–Kier alpha value is -1.61. The summed E-state index contributed by atoms with van der Waals surface area (Å²) in [6, 6.07) is 0. The molecule has 17 heavy (non-hydrogen) atoms. The zero-order valence-electron chi connectivity index (χ0n) is 8.37. The fourth-order valence-electron chi connectivity index (χ4n) is 1.33. The number of aromatic nitrogens is 2. The molecule has 0 spiro atoms. The van der Waals surface area contributed by atoms with Crippen molar-refractivity contribution in [1.29, 1.82) is 0 Å². The first-order valence-electron chi connectivity index (χ1n) is 4.53. The molecule has 0 radical (unpaired) electrons. The molecular formula is C8H8FN3O4S. The maximum absolute atomic E-state index is 13.1. The second-order valence-corrected chi connectivity index (χ2v) is 4.35. The molecule has 0 unspecified atom stereocenters. The molecule has 0 saturated carbocycles. The SMILES string of the molecule is Nc1nc(=O)n([C@@H]2CS[C@H](C(=O)O)O2)cc1F. The summed E-state index contributed by atoms with van der Waals surface area (Å²) in [6.07, 6.45) is 0.0105. The lowest BCUT2D eigenvalue weighted by molar-refractivity contribution is -0.147. The number of thioether (sulfide) groups is 1. The molecule has 3 N–H and O–H groups in total. The van der Waals surface area contributed by atoms with Crippen molar-refractivity contribution in [3.05, 3.63) is 22.5 Å². The quantitative estimate of drug-likeness (QED) is 0.748. The Morgan fingerprint density at radius 1 is 1.76 bits per heavy atom. The Labute approximate surface area is 98.4 Å². The lowest BCUT2D eigenvalue weighted by Gasteiger charge is -2.12. The Morgan fingerprint density at radius 2 is 2.47 bits per heavy atom. The molecule has 7 nitrogen and oxygen atoms in total. The van der Waals surface area contributed by atoms with Crippen LogP contribution in [0.2, 0.25) is 0 Å². The number of hydrogen-bond donors (Lipinski definition) is 2. The summed E-state index contributed by atoms with van der Waals surface area (Å²) in [5.41, 5.74) is 3.28. The second kappa shape index (κ2) is 4.34. The van der Waals surface area contributed by atoms with Crippen LogP contribution in [0.5, 0.6) is 0 Å². The van der Waals surface area contributed by atoms with Crippen LogP contribution in [-0.4, -0.2) is 31.8 Å². The van der Waals surface area contributed by atoms with E-state index in [-0.39, 0.29) is 5.75 Å². The Balaban J connectivity index is 2.28. The number of nitrogens with zero attached hydrogens (tertiary/aromatic N) is 2. The van der Waals surface area contributed by atoms with E-state index in [1.807, 2.05) is 0 Å². The number of hydrogen-bond acceptors (Lipinski definition) is 6. The first-order valence-corrected chi connectivity index (χ1v) is 5.58. The highest BCUT2D eigenvalue weighted by molar-refractivity contribution is 8.00. The summed E-state index contributed by atoms with van der Waals surface area (Å²) in [5.74, 6) is -2.26. The van der Waals surface area contributed by atoms with Gasteiger partial charge < -0.3 is 15.6 Å². The van der Waals surface area contributed by atoms with E-state index in [9.17, 15) is 14.0 Å². The first-order chi connectivity index (χ1) is 7.99. The van der Waals surface area contributed by atoms with Crippen molar-refractivity contribution >= 4 is 23.5 Å². The molecule has 2 heterocycles. The molecule has 1 aliphatic heterocycles. The molecule has 9 heteroatoms. The largest absolute Gasteiger partial charge is 0.479 e. The Bertz CT molecular complexity index is 520.